The SMILES string of the molecule is COC(=O)c1c(N)n(C(C)CCCC(C)C)c2nc3ccccc3nc12. The largest absolute Gasteiger partial charge is 0.465 e. The van der Waals surface area contributed by atoms with Crippen LogP contribution < -0.4 is 5.73 Å². The molecule has 26 heavy (non-hydrogen) atoms. The minimum Gasteiger partial charge on any atom is -0.465 e. The van der Waals surface area contributed by atoms with E-state index in [-0.39, 0.29) is 6.04 Å². The van der Waals surface area contributed by atoms with E-state index in [0.29, 0.717) is 28.5 Å². The first-order valence-corrected chi connectivity index (χ1v) is 9.08. The average Bonchev–Trinajstić information content (AvgIpc) is 2.89. The van der Waals surface area contributed by atoms with Gasteiger partial charge in [-0.1, -0.05) is 38.8 Å². The van der Waals surface area contributed by atoms with E-state index in [4.69, 9.17) is 15.5 Å². The van der Waals surface area contributed by atoms with Gasteiger partial charge in [0.25, 0.3) is 0 Å². The van der Waals surface area contributed by atoms with Gasteiger partial charge in [0.15, 0.2) is 5.65 Å². The molecule has 3 aromatic rings. The summed E-state index contributed by atoms with van der Waals surface area (Å²) in [5.41, 5.74) is 9.33. The summed E-state index contributed by atoms with van der Waals surface area (Å²) >= 11 is 0. The molecule has 1 unspecified atom stereocenters. The Morgan fingerprint density at radius 2 is 1.81 bits per heavy atom. The zero-order chi connectivity index (χ0) is 18.8. The zero-order valence-corrected chi connectivity index (χ0v) is 15.8. The lowest BCUT2D eigenvalue weighted by molar-refractivity contribution is 0.0604. The molecule has 2 heterocycles. The van der Waals surface area contributed by atoms with Crippen molar-refractivity contribution in [2.75, 3.05) is 12.8 Å². The van der Waals surface area contributed by atoms with Crippen LogP contribution in [0.25, 0.3) is 22.2 Å². The highest BCUT2D eigenvalue weighted by Crippen LogP contribution is 2.33. The van der Waals surface area contributed by atoms with Gasteiger partial charge in [-0.05, 0) is 31.4 Å². The number of carbonyl (C=O) groups excluding carboxylic acids is 1. The van der Waals surface area contributed by atoms with Crippen molar-refractivity contribution in [3.63, 3.8) is 0 Å². The van der Waals surface area contributed by atoms with Crippen LogP contribution in [0, 0.1) is 5.92 Å². The normalized spacial score (nSPS) is 12.8. The van der Waals surface area contributed by atoms with Crippen LogP contribution in [-0.4, -0.2) is 27.6 Å². The summed E-state index contributed by atoms with van der Waals surface area (Å²) in [6.45, 7) is 6.54. The number of nitrogen functional groups attached to an aromatic ring is 1. The van der Waals surface area contributed by atoms with Crippen molar-refractivity contribution in [3.05, 3.63) is 29.8 Å². The second-order valence-electron chi connectivity index (χ2n) is 7.18. The van der Waals surface area contributed by atoms with Crippen LogP contribution in [0.1, 0.15) is 56.4 Å². The van der Waals surface area contributed by atoms with Gasteiger partial charge in [0.2, 0.25) is 0 Å². The Morgan fingerprint density at radius 3 is 2.42 bits per heavy atom. The van der Waals surface area contributed by atoms with Crippen molar-refractivity contribution in [2.24, 2.45) is 5.92 Å². The fourth-order valence-corrected chi connectivity index (χ4v) is 3.38. The number of hydrogen-bond acceptors (Lipinski definition) is 5. The molecule has 0 amide bonds. The molecule has 2 aromatic heterocycles. The van der Waals surface area contributed by atoms with Crippen molar-refractivity contribution in [2.45, 2.75) is 46.1 Å². The Kier molecular flexibility index (Phi) is 5.11. The molecular formula is C20H26N4O2. The fourth-order valence-electron chi connectivity index (χ4n) is 3.38. The maximum atomic E-state index is 12.3. The summed E-state index contributed by atoms with van der Waals surface area (Å²) in [5, 5.41) is 0. The lowest BCUT2D eigenvalue weighted by atomic mass is 10.0. The third-order valence-corrected chi connectivity index (χ3v) is 4.77. The number of rotatable bonds is 6. The zero-order valence-electron chi connectivity index (χ0n) is 15.8. The molecule has 0 fully saturated rings. The predicted molar refractivity (Wildman–Crippen MR) is 104 cm³/mol. The van der Waals surface area contributed by atoms with Crippen molar-refractivity contribution in [3.8, 4) is 0 Å². The Labute approximate surface area is 153 Å². The van der Waals surface area contributed by atoms with Gasteiger partial charge in [-0.3, -0.25) is 0 Å². The fraction of sp³-hybridized carbons (Fsp3) is 0.450. The number of methoxy groups -OCH3 is 1. The smallest absolute Gasteiger partial charge is 0.343 e. The molecule has 1 atom stereocenters. The van der Waals surface area contributed by atoms with Crippen LogP contribution in [0.4, 0.5) is 5.82 Å². The molecule has 138 valence electrons. The van der Waals surface area contributed by atoms with Crippen LogP contribution in [0.2, 0.25) is 0 Å². The van der Waals surface area contributed by atoms with E-state index in [1.807, 2.05) is 28.8 Å². The number of benzene rings is 1. The van der Waals surface area contributed by atoms with Crippen LogP contribution in [0.15, 0.2) is 24.3 Å². The van der Waals surface area contributed by atoms with Gasteiger partial charge < -0.3 is 15.0 Å². The highest BCUT2D eigenvalue weighted by molar-refractivity contribution is 6.08. The summed E-state index contributed by atoms with van der Waals surface area (Å²) in [6, 6.07) is 7.73. The van der Waals surface area contributed by atoms with E-state index in [1.165, 1.54) is 7.11 Å². The number of ether oxygens (including phenoxy) is 1. The van der Waals surface area contributed by atoms with E-state index in [0.717, 1.165) is 30.3 Å². The number of nitrogens with two attached hydrogens (primary N) is 1. The van der Waals surface area contributed by atoms with Gasteiger partial charge >= 0.3 is 5.97 Å². The molecule has 6 heteroatoms. The van der Waals surface area contributed by atoms with E-state index >= 15 is 0 Å². The molecule has 3 rings (SSSR count). The van der Waals surface area contributed by atoms with Crippen molar-refractivity contribution < 1.29 is 9.53 Å². The Bertz CT molecular complexity index is 946. The predicted octanol–water partition coefficient (Wildman–Crippen LogP) is 4.34. The van der Waals surface area contributed by atoms with E-state index < -0.39 is 5.97 Å². The molecule has 1 aromatic carbocycles. The highest BCUT2D eigenvalue weighted by Gasteiger charge is 2.26. The number of anilines is 1. The third kappa shape index (κ3) is 3.23. The first-order chi connectivity index (χ1) is 12.4. The molecule has 0 aliphatic rings. The number of hydrogen-bond donors (Lipinski definition) is 1. The number of nitrogens with zero attached hydrogens (tertiary/aromatic N) is 3. The molecule has 0 saturated carbocycles. The van der Waals surface area contributed by atoms with Gasteiger partial charge in [0, 0.05) is 6.04 Å². The molecule has 0 saturated heterocycles. The number of fused-ring (bicyclic) bond motifs is 2. The summed E-state index contributed by atoms with van der Waals surface area (Å²) in [4.78, 5) is 21.7. The topological polar surface area (TPSA) is 83.0 Å². The number of aromatic nitrogens is 3. The molecule has 0 spiro atoms. The molecule has 0 aliphatic carbocycles. The number of carbonyl (C=O) groups is 1. The molecule has 0 radical (unpaired) electrons. The molecule has 0 bridgehead atoms. The molecule has 6 nitrogen and oxygen atoms in total. The van der Waals surface area contributed by atoms with Crippen molar-refractivity contribution in [1.82, 2.24) is 14.5 Å². The molecule has 0 aliphatic heterocycles. The summed E-state index contributed by atoms with van der Waals surface area (Å²) in [7, 11) is 1.35. The average molecular weight is 354 g/mol. The van der Waals surface area contributed by atoms with Crippen molar-refractivity contribution >= 4 is 34.0 Å². The quantitative estimate of drug-likeness (QED) is 0.666. The second-order valence-corrected chi connectivity index (χ2v) is 7.18. The van der Waals surface area contributed by atoms with Gasteiger partial charge in [-0.2, -0.15) is 0 Å². The van der Waals surface area contributed by atoms with Crippen LogP contribution >= 0.6 is 0 Å². The second kappa shape index (κ2) is 7.32. The monoisotopic (exact) mass is 354 g/mol. The Balaban J connectivity index is 2.16. The minimum atomic E-state index is -0.481. The highest BCUT2D eigenvalue weighted by atomic mass is 16.5. The molecule has 2 N–H and O–H groups in total. The third-order valence-electron chi connectivity index (χ3n) is 4.77. The van der Waals surface area contributed by atoms with Crippen LogP contribution in [-0.2, 0) is 4.74 Å². The first kappa shape index (κ1) is 18.2. The maximum Gasteiger partial charge on any atom is 0.343 e. The van der Waals surface area contributed by atoms with Gasteiger partial charge in [-0.25, -0.2) is 14.8 Å². The van der Waals surface area contributed by atoms with Crippen LogP contribution in [0.3, 0.4) is 0 Å². The van der Waals surface area contributed by atoms with E-state index in [9.17, 15) is 4.79 Å². The maximum absolute atomic E-state index is 12.3. The minimum absolute atomic E-state index is 0.116. The summed E-state index contributed by atoms with van der Waals surface area (Å²) in [6.07, 6.45) is 3.20. The van der Waals surface area contributed by atoms with E-state index in [1.54, 1.807) is 0 Å². The van der Waals surface area contributed by atoms with Crippen LogP contribution in [0.5, 0.6) is 0 Å². The first-order valence-electron chi connectivity index (χ1n) is 9.08. The number of esters is 1. The van der Waals surface area contributed by atoms with Gasteiger partial charge in [0.1, 0.15) is 16.9 Å². The molecular weight excluding hydrogens is 328 g/mol. The van der Waals surface area contributed by atoms with Gasteiger partial charge in [0.05, 0.1) is 18.1 Å². The summed E-state index contributed by atoms with van der Waals surface area (Å²) < 4.78 is 6.87. The van der Waals surface area contributed by atoms with Crippen molar-refractivity contribution in [1.29, 1.82) is 0 Å². The van der Waals surface area contributed by atoms with Gasteiger partial charge in [-0.15, -0.1) is 0 Å². The Hall–Kier alpha value is -2.63. The standard InChI is InChI=1S/C20H26N4O2/c1-12(2)8-7-9-13(3)24-18(21)16(20(25)26-4)17-19(24)23-15-11-6-5-10-14(15)22-17/h5-6,10-13H,7-9,21H2,1-4H3. The number of para-hydroxylation sites is 2. The summed E-state index contributed by atoms with van der Waals surface area (Å²) in [5.74, 6) is 0.555. The Morgan fingerprint density at radius 1 is 1.15 bits per heavy atom. The lowest BCUT2D eigenvalue weighted by Gasteiger charge is -2.17. The van der Waals surface area contributed by atoms with E-state index in [2.05, 4.69) is 25.8 Å². The lowest BCUT2D eigenvalue weighted by Crippen LogP contribution is -2.12.